The monoisotopic (exact) mass is 551 g/mol. The van der Waals surface area contributed by atoms with Gasteiger partial charge in [0.25, 0.3) is 0 Å². The summed E-state index contributed by atoms with van der Waals surface area (Å²) in [5, 5.41) is 5.27. The van der Waals surface area contributed by atoms with Crippen molar-refractivity contribution in [2.45, 2.75) is 4.90 Å². The van der Waals surface area contributed by atoms with Crippen molar-refractivity contribution in [1.29, 1.82) is 0 Å². The zero-order valence-corrected chi connectivity index (χ0v) is 19.7. The van der Waals surface area contributed by atoms with E-state index in [0.29, 0.717) is 24.7 Å². The molecule has 9 nitrogen and oxygen atoms in total. The van der Waals surface area contributed by atoms with Crippen molar-refractivity contribution in [3.05, 3.63) is 65.4 Å². The number of methoxy groups -OCH3 is 1. The molecule has 0 saturated heterocycles. The predicted molar refractivity (Wildman–Crippen MR) is 119 cm³/mol. The molecule has 0 saturated carbocycles. The molecule has 3 rings (SSSR count). The van der Waals surface area contributed by atoms with Crippen LogP contribution in [-0.4, -0.2) is 51.8 Å². The first-order chi connectivity index (χ1) is 17.5. The van der Waals surface area contributed by atoms with Gasteiger partial charge in [-0.25, -0.2) is 44.5 Å². The van der Waals surface area contributed by atoms with Crippen molar-refractivity contribution in [2.24, 2.45) is 0 Å². The molecule has 0 atom stereocenters. The Morgan fingerprint density at radius 1 is 0.865 bits per heavy atom. The van der Waals surface area contributed by atoms with Crippen LogP contribution in [0.3, 0.4) is 0 Å². The highest BCUT2D eigenvalue weighted by atomic mass is 32.2. The molecule has 3 N–H and O–H groups in total. The van der Waals surface area contributed by atoms with Crippen LogP contribution in [0.4, 0.5) is 43.8 Å². The zero-order chi connectivity index (χ0) is 27.2. The fraction of sp³-hybridized carbons (Fsp3) is 0.238. The number of nitrogens with one attached hydrogen (secondary N) is 3. The van der Waals surface area contributed by atoms with E-state index in [9.17, 15) is 34.8 Å². The van der Waals surface area contributed by atoms with Crippen LogP contribution >= 0.6 is 0 Å². The predicted octanol–water partition coefficient (Wildman–Crippen LogP) is 3.47. The van der Waals surface area contributed by atoms with Gasteiger partial charge < -0.3 is 20.1 Å². The molecule has 37 heavy (non-hydrogen) atoms. The number of halogens is 6. The summed E-state index contributed by atoms with van der Waals surface area (Å²) in [5.74, 6) is -13.0. The number of sulfonamides is 1. The van der Waals surface area contributed by atoms with Crippen LogP contribution in [0.1, 0.15) is 0 Å². The second kappa shape index (κ2) is 12.1. The third-order valence-corrected chi connectivity index (χ3v) is 6.04. The van der Waals surface area contributed by atoms with E-state index >= 15 is 0 Å². The van der Waals surface area contributed by atoms with Crippen molar-refractivity contribution in [2.75, 3.05) is 44.0 Å². The first-order valence-electron chi connectivity index (χ1n) is 10.3. The molecule has 200 valence electrons. The van der Waals surface area contributed by atoms with Gasteiger partial charge in [0.2, 0.25) is 21.8 Å². The maximum absolute atomic E-state index is 14.1. The third kappa shape index (κ3) is 6.78. The number of rotatable bonds is 12. The highest BCUT2D eigenvalue weighted by Crippen LogP contribution is 2.26. The molecular formula is C21H19F6N5O4S. The number of hydrogen-bond donors (Lipinski definition) is 3. The lowest BCUT2D eigenvalue weighted by Crippen LogP contribution is -2.31. The van der Waals surface area contributed by atoms with Gasteiger partial charge in [-0.3, -0.25) is 0 Å². The van der Waals surface area contributed by atoms with Crippen molar-refractivity contribution in [1.82, 2.24) is 14.7 Å². The minimum Gasteiger partial charge on any atom is -0.491 e. The van der Waals surface area contributed by atoms with E-state index in [4.69, 9.17) is 9.47 Å². The van der Waals surface area contributed by atoms with Crippen LogP contribution in [0.25, 0.3) is 0 Å². The SMILES string of the molecule is COCCOc1ccc(Nc2ncc(F)c(NCCNS(=O)(=O)c3c(F)c(F)c(F)c(F)c3F)n2)cc1. The molecule has 1 aromatic heterocycles. The van der Waals surface area contributed by atoms with Gasteiger partial charge in [0, 0.05) is 25.9 Å². The number of anilines is 3. The van der Waals surface area contributed by atoms with E-state index in [-0.39, 0.29) is 18.3 Å². The van der Waals surface area contributed by atoms with E-state index in [1.807, 2.05) is 0 Å². The van der Waals surface area contributed by atoms with E-state index in [1.54, 1.807) is 36.1 Å². The Bertz CT molecular complexity index is 1330. The van der Waals surface area contributed by atoms with Crippen LogP contribution in [0.15, 0.2) is 35.4 Å². The van der Waals surface area contributed by atoms with Gasteiger partial charge >= 0.3 is 0 Å². The standard InChI is InChI=1S/C21H19F6N5O4S/c1-35-8-9-36-12-4-2-11(3-5-12)31-21-29-10-13(22)20(32-21)28-6-7-30-37(33,34)19-17(26)15(24)14(23)16(25)18(19)27/h2-5,10,30H,6-9H2,1H3,(H2,28,29,31,32). The van der Waals surface area contributed by atoms with Gasteiger partial charge in [0.05, 0.1) is 12.8 Å². The van der Waals surface area contributed by atoms with Crippen molar-refractivity contribution < 1.29 is 44.2 Å². The Kier molecular flexibility index (Phi) is 9.12. The average molecular weight is 551 g/mol. The lowest BCUT2D eigenvalue weighted by molar-refractivity contribution is 0.146. The molecule has 16 heteroatoms. The summed E-state index contributed by atoms with van der Waals surface area (Å²) in [7, 11) is -3.61. The number of benzene rings is 2. The molecule has 3 aromatic rings. The van der Waals surface area contributed by atoms with Crippen molar-refractivity contribution in [3.63, 3.8) is 0 Å². The Hall–Kier alpha value is -3.63. The van der Waals surface area contributed by atoms with Crippen LogP contribution in [0, 0.1) is 34.9 Å². The maximum Gasteiger partial charge on any atom is 0.246 e. The van der Waals surface area contributed by atoms with Crippen LogP contribution in [-0.2, 0) is 14.8 Å². The average Bonchev–Trinajstić information content (AvgIpc) is 2.87. The quantitative estimate of drug-likeness (QED) is 0.136. The minimum atomic E-state index is -5.15. The Morgan fingerprint density at radius 3 is 2.11 bits per heavy atom. The lowest BCUT2D eigenvalue weighted by atomic mass is 10.3. The van der Waals surface area contributed by atoms with Gasteiger partial charge in [0.15, 0.2) is 39.8 Å². The maximum atomic E-state index is 14.1. The van der Waals surface area contributed by atoms with E-state index in [1.165, 1.54) is 0 Å². The van der Waals surface area contributed by atoms with Gasteiger partial charge in [-0.05, 0) is 24.3 Å². The molecular weight excluding hydrogens is 532 g/mol. The number of hydrogen-bond acceptors (Lipinski definition) is 8. The molecule has 0 unspecified atom stereocenters. The Balaban J connectivity index is 1.61. The first kappa shape index (κ1) is 27.9. The highest BCUT2D eigenvalue weighted by Gasteiger charge is 2.33. The van der Waals surface area contributed by atoms with Crippen LogP contribution in [0.5, 0.6) is 5.75 Å². The van der Waals surface area contributed by atoms with E-state index in [0.717, 1.165) is 6.20 Å². The minimum absolute atomic E-state index is 0.0288. The molecule has 2 aromatic carbocycles. The van der Waals surface area contributed by atoms with Crippen molar-refractivity contribution >= 4 is 27.5 Å². The van der Waals surface area contributed by atoms with Crippen LogP contribution < -0.4 is 20.1 Å². The van der Waals surface area contributed by atoms with Gasteiger partial charge in [-0.15, -0.1) is 0 Å². The zero-order valence-electron chi connectivity index (χ0n) is 18.9. The topological polar surface area (TPSA) is 114 Å². The summed E-state index contributed by atoms with van der Waals surface area (Å²) < 4.78 is 118. The first-order valence-corrected chi connectivity index (χ1v) is 11.8. The summed E-state index contributed by atoms with van der Waals surface area (Å²) in [6, 6.07) is 6.63. The summed E-state index contributed by atoms with van der Waals surface area (Å²) in [4.78, 5) is 5.67. The number of aromatic nitrogens is 2. The highest BCUT2D eigenvalue weighted by molar-refractivity contribution is 7.89. The van der Waals surface area contributed by atoms with E-state index < -0.39 is 56.4 Å². The third-order valence-electron chi connectivity index (χ3n) is 4.56. The summed E-state index contributed by atoms with van der Waals surface area (Å²) in [6.45, 7) is -0.233. The molecule has 0 fully saturated rings. The lowest BCUT2D eigenvalue weighted by Gasteiger charge is -2.12. The Labute approximate surface area is 206 Å². The largest absolute Gasteiger partial charge is 0.491 e. The molecule has 0 amide bonds. The molecule has 0 spiro atoms. The van der Waals surface area contributed by atoms with Gasteiger partial charge in [-0.1, -0.05) is 0 Å². The molecule has 1 heterocycles. The Morgan fingerprint density at radius 2 is 1.49 bits per heavy atom. The molecule has 0 aliphatic carbocycles. The summed E-state index contributed by atoms with van der Waals surface area (Å²) >= 11 is 0. The molecule has 0 aliphatic heterocycles. The van der Waals surface area contributed by atoms with Gasteiger partial charge in [-0.2, -0.15) is 4.98 Å². The van der Waals surface area contributed by atoms with Crippen molar-refractivity contribution in [3.8, 4) is 5.75 Å². The second-order valence-corrected chi connectivity index (χ2v) is 8.81. The fourth-order valence-corrected chi connectivity index (χ4v) is 3.98. The molecule has 0 aliphatic rings. The summed E-state index contributed by atoms with van der Waals surface area (Å²) in [5.41, 5.74) is 0.534. The fourth-order valence-electron chi connectivity index (χ4n) is 2.82. The van der Waals surface area contributed by atoms with Crippen LogP contribution in [0.2, 0.25) is 0 Å². The van der Waals surface area contributed by atoms with Gasteiger partial charge in [0.1, 0.15) is 12.4 Å². The second-order valence-electron chi connectivity index (χ2n) is 7.10. The molecule has 0 radical (unpaired) electrons. The smallest absolute Gasteiger partial charge is 0.246 e. The number of ether oxygens (including phenoxy) is 2. The number of nitrogens with zero attached hydrogens (tertiary/aromatic N) is 2. The normalized spacial score (nSPS) is 11.4. The molecule has 0 bridgehead atoms. The van der Waals surface area contributed by atoms with E-state index in [2.05, 4.69) is 20.6 Å². The summed E-state index contributed by atoms with van der Waals surface area (Å²) in [6.07, 6.45) is 0.832.